The van der Waals surface area contributed by atoms with Crippen LogP contribution in [0.5, 0.6) is 5.88 Å². The lowest BCUT2D eigenvalue weighted by Gasteiger charge is -2.13. The second kappa shape index (κ2) is 5.14. The highest BCUT2D eigenvalue weighted by Gasteiger charge is 2.16. The number of hydrogen-bond acceptors (Lipinski definition) is 3. The lowest BCUT2D eigenvalue weighted by molar-refractivity contribution is 0.398. The highest BCUT2D eigenvalue weighted by molar-refractivity contribution is 5.27. The summed E-state index contributed by atoms with van der Waals surface area (Å²) in [5, 5.41) is 10.1. The van der Waals surface area contributed by atoms with E-state index in [1.165, 1.54) is 4.57 Å². The minimum absolute atomic E-state index is 0.161. The number of aromatic amines is 1. The molecule has 5 heteroatoms. The van der Waals surface area contributed by atoms with Gasteiger partial charge >= 0.3 is 5.69 Å². The molecule has 5 nitrogen and oxygen atoms in total. The fourth-order valence-corrected chi connectivity index (χ4v) is 2.01. The molecule has 0 amide bonds. The van der Waals surface area contributed by atoms with Crippen LogP contribution in [0.2, 0.25) is 0 Å². The monoisotopic (exact) mass is 260 g/mol. The Labute approximate surface area is 110 Å². The van der Waals surface area contributed by atoms with Crippen LogP contribution < -0.4 is 11.2 Å². The molecule has 0 saturated carbocycles. The largest absolute Gasteiger partial charge is 0.494 e. The summed E-state index contributed by atoms with van der Waals surface area (Å²) in [7, 11) is 0. The molecule has 0 bridgehead atoms. The van der Waals surface area contributed by atoms with Crippen molar-refractivity contribution in [2.75, 3.05) is 0 Å². The van der Waals surface area contributed by atoms with E-state index in [4.69, 9.17) is 0 Å². The molecule has 1 aromatic carbocycles. The number of H-pyrrole nitrogens is 1. The molecule has 0 spiro atoms. The molecule has 0 unspecified atom stereocenters. The summed E-state index contributed by atoms with van der Waals surface area (Å²) in [6, 6.07) is 9.29. The maximum atomic E-state index is 11.8. The van der Waals surface area contributed by atoms with Crippen molar-refractivity contribution >= 4 is 0 Å². The lowest BCUT2D eigenvalue weighted by Crippen LogP contribution is -2.33. The van der Waals surface area contributed by atoms with E-state index in [0.29, 0.717) is 0 Å². The van der Waals surface area contributed by atoms with Gasteiger partial charge in [-0.15, -0.1) is 0 Å². The second-order valence-corrected chi connectivity index (χ2v) is 4.72. The number of rotatable bonds is 3. The summed E-state index contributed by atoms with van der Waals surface area (Å²) in [4.78, 5) is 25.7. The first-order chi connectivity index (χ1) is 9.00. The molecule has 2 N–H and O–H groups in total. The van der Waals surface area contributed by atoms with Gasteiger partial charge in [-0.1, -0.05) is 44.2 Å². The first kappa shape index (κ1) is 13.1. The standard InChI is InChI=1S/C14H16N2O3/c1-9(2)11-12(17)15-14(19)16(13(11)18)8-10-6-4-3-5-7-10/h3-7,9,18H,8H2,1-2H3,(H,15,17,19). The molecule has 2 rings (SSSR count). The Bertz CT molecular complexity index is 684. The lowest BCUT2D eigenvalue weighted by atomic mass is 10.1. The predicted molar refractivity (Wildman–Crippen MR) is 72.6 cm³/mol. The van der Waals surface area contributed by atoms with Gasteiger partial charge in [0.1, 0.15) is 0 Å². The van der Waals surface area contributed by atoms with E-state index in [9.17, 15) is 14.7 Å². The molecule has 0 aliphatic carbocycles. The third-order valence-electron chi connectivity index (χ3n) is 2.97. The topological polar surface area (TPSA) is 75.1 Å². The summed E-state index contributed by atoms with van der Waals surface area (Å²) in [6.45, 7) is 3.81. The minimum Gasteiger partial charge on any atom is -0.494 e. The van der Waals surface area contributed by atoms with Crippen LogP contribution >= 0.6 is 0 Å². The van der Waals surface area contributed by atoms with Crippen LogP contribution in [0.15, 0.2) is 39.9 Å². The van der Waals surface area contributed by atoms with Gasteiger partial charge in [-0.2, -0.15) is 0 Å². The van der Waals surface area contributed by atoms with Gasteiger partial charge in [0.15, 0.2) is 0 Å². The maximum absolute atomic E-state index is 11.8. The molecule has 0 aliphatic rings. The maximum Gasteiger partial charge on any atom is 0.331 e. The van der Waals surface area contributed by atoms with Crippen LogP contribution in [-0.2, 0) is 6.54 Å². The molecular weight excluding hydrogens is 244 g/mol. The molecule has 0 atom stereocenters. The first-order valence-electron chi connectivity index (χ1n) is 6.10. The fraction of sp³-hybridized carbons (Fsp3) is 0.286. The van der Waals surface area contributed by atoms with Gasteiger partial charge in [0.2, 0.25) is 5.88 Å². The van der Waals surface area contributed by atoms with Crippen molar-refractivity contribution in [3.63, 3.8) is 0 Å². The molecule has 0 fully saturated rings. The predicted octanol–water partition coefficient (Wildman–Crippen LogP) is 1.41. The summed E-state index contributed by atoms with van der Waals surface area (Å²) in [6.07, 6.45) is 0. The average Bonchev–Trinajstić information content (AvgIpc) is 2.35. The summed E-state index contributed by atoms with van der Waals surface area (Å²) in [5.74, 6) is -0.418. The van der Waals surface area contributed by atoms with Crippen LogP contribution in [0.1, 0.15) is 30.9 Å². The smallest absolute Gasteiger partial charge is 0.331 e. The third-order valence-corrected chi connectivity index (χ3v) is 2.97. The third kappa shape index (κ3) is 2.59. The van der Waals surface area contributed by atoms with Crippen LogP contribution in [0.4, 0.5) is 0 Å². The molecule has 0 saturated heterocycles. The van der Waals surface area contributed by atoms with Gasteiger partial charge in [-0.05, 0) is 11.5 Å². The number of nitrogens with zero attached hydrogens (tertiary/aromatic N) is 1. The van der Waals surface area contributed by atoms with Crippen molar-refractivity contribution in [1.29, 1.82) is 0 Å². The summed E-state index contributed by atoms with van der Waals surface area (Å²) < 4.78 is 1.17. The summed E-state index contributed by atoms with van der Waals surface area (Å²) in [5.41, 5.74) is -0.0187. The van der Waals surface area contributed by atoms with E-state index in [1.807, 2.05) is 30.3 Å². The number of hydrogen-bond donors (Lipinski definition) is 2. The van der Waals surface area contributed by atoms with Crippen LogP contribution in [-0.4, -0.2) is 14.7 Å². The van der Waals surface area contributed by atoms with Gasteiger partial charge in [-0.3, -0.25) is 14.3 Å². The molecule has 100 valence electrons. The van der Waals surface area contributed by atoms with Gasteiger partial charge in [0.25, 0.3) is 5.56 Å². The van der Waals surface area contributed by atoms with Crippen LogP contribution in [0.25, 0.3) is 0 Å². The quantitative estimate of drug-likeness (QED) is 0.876. The van der Waals surface area contributed by atoms with Gasteiger partial charge in [0.05, 0.1) is 12.1 Å². The Morgan fingerprint density at radius 3 is 2.42 bits per heavy atom. The normalized spacial score (nSPS) is 10.9. The van der Waals surface area contributed by atoms with Gasteiger partial charge in [0, 0.05) is 0 Å². The van der Waals surface area contributed by atoms with Crippen LogP contribution in [0, 0.1) is 0 Å². The molecule has 19 heavy (non-hydrogen) atoms. The summed E-state index contributed by atoms with van der Waals surface area (Å²) >= 11 is 0. The Balaban J connectivity index is 2.55. The number of nitrogens with one attached hydrogen (secondary N) is 1. The highest BCUT2D eigenvalue weighted by Crippen LogP contribution is 2.20. The van der Waals surface area contributed by atoms with E-state index < -0.39 is 11.2 Å². The zero-order valence-corrected chi connectivity index (χ0v) is 10.9. The number of aromatic nitrogens is 2. The van der Waals surface area contributed by atoms with E-state index in [0.717, 1.165) is 5.56 Å². The Morgan fingerprint density at radius 2 is 1.84 bits per heavy atom. The molecule has 1 aromatic heterocycles. The molecule has 1 heterocycles. The minimum atomic E-state index is -0.601. The zero-order valence-electron chi connectivity index (χ0n) is 10.9. The molecular formula is C14H16N2O3. The van der Waals surface area contributed by atoms with E-state index in [2.05, 4.69) is 4.98 Å². The zero-order chi connectivity index (χ0) is 14.0. The van der Waals surface area contributed by atoms with Gasteiger partial charge in [-0.25, -0.2) is 4.79 Å². The van der Waals surface area contributed by atoms with E-state index in [-0.39, 0.29) is 23.9 Å². The molecule has 0 aliphatic heterocycles. The van der Waals surface area contributed by atoms with Crippen LogP contribution in [0.3, 0.4) is 0 Å². The molecule has 2 aromatic rings. The highest BCUT2D eigenvalue weighted by atomic mass is 16.3. The first-order valence-corrected chi connectivity index (χ1v) is 6.10. The SMILES string of the molecule is CC(C)c1c(O)n(Cc2ccccc2)c(=O)[nH]c1=O. The number of aromatic hydroxyl groups is 1. The van der Waals surface area contributed by atoms with Crippen molar-refractivity contribution in [1.82, 2.24) is 9.55 Å². The molecule has 0 radical (unpaired) electrons. The Hall–Kier alpha value is -2.30. The van der Waals surface area contributed by atoms with E-state index in [1.54, 1.807) is 13.8 Å². The van der Waals surface area contributed by atoms with Crippen molar-refractivity contribution < 1.29 is 5.11 Å². The van der Waals surface area contributed by atoms with Crippen molar-refractivity contribution in [2.24, 2.45) is 0 Å². The van der Waals surface area contributed by atoms with E-state index >= 15 is 0 Å². The Morgan fingerprint density at radius 1 is 1.21 bits per heavy atom. The van der Waals surface area contributed by atoms with Crippen molar-refractivity contribution in [3.05, 3.63) is 62.3 Å². The Kier molecular flexibility index (Phi) is 3.55. The van der Waals surface area contributed by atoms with Crippen molar-refractivity contribution in [3.8, 4) is 5.88 Å². The average molecular weight is 260 g/mol. The fourth-order valence-electron chi connectivity index (χ4n) is 2.01. The second-order valence-electron chi connectivity index (χ2n) is 4.72. The van der Waals surface area contributed by atoms with Gasteiger partial charge < -0.3 is 5.11 Å². The van der Waals surface area contributed by atoms with Crippen molar-refractivity contribution in [2.45, 2.75) is 26.3 Å². The number of benzene rings is 1.